The van der Waals surface area contributed by atoms with E-state index in [1.807, 2.05) is 5.38 Å². The van der Waals surface area contributed by atoms with Crippen LogP contribution < -0.4 is 21.3 Å². The van der Waals surface area contributed by atoms with Crippen molar-refractivity contribution < 1.29 is 28.7 Å². The van der Waals surface area contributed by atoms with Crippen molar-refractivity contribution in [3.8, 4) is 23.0 Å². The third-order valence-electron chi connectivity index (χ3n) is 5.05. The van der Waals surface area contributed by atoms with E-state index < -0.39 is 17.8 Å². The first-order chi connectivity index (χ1) is 19.6. The highest BCUT2D eigenvalue weighted by molar-refractivity contribution is 7.14. The van der Waals surface area contributed by atoms with Gasteiger partial charge < -0.3 is 30.7 Å². The van der Waals surface area contributed by atoms with Gasteiger partial charge in [-0.1, -0.05) is 0 Å². The van der Waals surface area contributed by atoms with Gasteiger partial charge in [-0.05, 0) is 40.0 Å². The Labute approximate surface area is 248 Å². The van der Waals surface area contributed by atoms with Crippen molar-refractivity contribution in [3.05, 3.63) is 21.5 Å². The SMILES string of the molecule is C#CCCC(=O)NCCc1nc(-c2nc(C(=O)NCCCNC(=O)OCCCCNC(=O)OC(C)(C)C)cs2)cs1. The van der Waals surface area contributed by atoms with Crippen LogP contribution in [0.2, 0.25) is 0 Å². The number of nitrogens with one attached hydrogen (secondary N) is 4. The highest BCUT2D eigenvalue weighted by atomic mass is 32.1. The van der Waals surface area contributed by atoms with E-state index in [0.717, 1.165) is 5.01 Å². The molecule has 224 valence electrons. The van der Waals surface area contributed by atoms with Crippen LogP contribution in [0.15, 0.2) is 10.8 Å². The van der Waals surface area contributed by atoms with Crippen LogP contribution in [-0.4, -0.2) is 72.4 Å². The molecule has 2 heterocycles. The number of rotatable bonds is 16. The molecule has 41 heavy (non-hydrogen) atoms. The number of carbonyl (C=O) groups excluding carboxylic acids is 4. The lowest BCUT2D eigenvalue weighted by molar-refractivity contribution is -0.120. The highest BCUT2D eigenvalue weighted by Gasteiger charge is 2.16. The molecule has 0 atom stereocenters. The molecule has 4 amide bonds. The van der Waals surface area contributed by atoms with Gasteiger partial charge in [-0.25, -0.2) is 19.6 Å². The second kappa shape index (κ2) is 17.9. The number of alkyl carbamates (subject to hydrolysis) is 2. The van der Waals surface area contributed by atoms with E-state index >= 15 is 0 Å². The minimum absolute atomic E-state index is 0.0794. The third-order valence-corrected chi connectivity index (χ3v) is 6.82. The van der Waals surface area contributed by atoms with Gasteiger partial charge in [0.1, 0.15) is 22.0 Å². The van der Waals surface area contributed by atoms with E-state index in [-0.39, 0.29) is 18.4 Å². The van der Waals surface area contributed by atoms with Gasteiger partial charge in [0.15, 0.2) is 0 Å². The number of thiazole rings is 2. The van der Waals surface area contributed by atoms with E-state index in [9.17, 15) is 19.2 Å². The third kappa shape index (κ3) is 14.5. The van der Waals surface area contributed by atoms with E-state index in [1.54, 1.807) is 26.2 Å². The van der Waals surface area contributed by atoms with Crippen molar-refractivity contribution in [2.45, 2.75) is 64.9 Å². The molecule has 0 saturated heterocycles. The molecule has 0 spiro atoms. The number of hydrogen-bond donors (Lipinski definition) is 4. The lowest BCUT2D eigenvalue weighted by atomic mass is 10.2. The summed E-state index contributed by atoms with van der Waals surface area (Å²) in [5.41, 5.74) is 0.446. The van der Waals surface area contributed by atoms with Gasteiger partial charge in [0.2, 0.25) is 5.91 Å². The first kappa shape index (κ1) is 33.5. The van der Waals surface area contributed by atoms with Gasteiger partial charge in [0.25, 0.3) is 5.91 Å². The van der Waals surface area contributed by atoms with E-state index in [0.29, 0.717) is 81.1 Å². The molecular formula is C27H38N6O6S2. The van der Waals surface area contributed by atoms with Crippen LogP contribution >= 0.6 is 22.7 Å². The predicted molar refractivity (Wildman–Crippen MR) is 158 cm³/mol. The Balaban J connectivity index is 1.56. The molecule has 0 unspecified atom stereocenters. The lowest BCUT2D eigenvalue weighted by Crippen LogP contribution is -2.33. The van der Waals surface area contributed by atoms with Crippen molar-refractivity contribution in [2.24, 2.45) is 0 Å². The van der Waals surface area contributed by atoms with Crippen LogP contribution in [0.4, 0.5) is 9.59 Å². The molecule has 0 aliphatic carbocycles. The molecule has 2 aromatic rings. The summed E-state index contributed by atoms with van der Waals surface area (Å²) in [6.07, 6.45) is 7.25. The fraction of sp³-hybridized carbons (Fsp3) is 0.556. The average molecular weight is 607 g/mol. The standard InChI is InChI=1S/C27H38N6O6S2/c1-5-6-10-21(34)28-15-11-22-32-20(18-40-22)24-33-19(17-41-24)23(35)29-13-9-14-30-25(36)38-16-8-7-12-31-26(37)39-27(2,3)4/h1,17-18H,6-16H2,2-4H3,(H,28,34)(H,29,35)(H,30,36)(H,31,37). The Kier molecular flexibility index (Phi) is 14.6. The van der Waals surface area contributed by atoms with Gasteiger partial charge >= 0.3 is 12.2 Å². The Morgan fingerprint density at radius 1 is 0.902 bits per heavy atom. The smallest absolute Gasteiger partial charge is 0.407 e. The van der Waals surface area contributed by atoms with Gasteiger partial charge in [0.05, 0.1) is 11.6 Å². The van der Waals surface area contributed by atoms with Gasteiger partial charge in [-0.15, -0.1) is 35.0 Å². The number of ether oxygens (including phenoxy) is 2. The molecule has 12 nitrogen and oxygen atoms in total. The van der Waals surface area contributed by atoms with Crippen molar-refractivity contribution in [2.75, 3.05) is 32.8 Å². The molecule has 0 fully saturated rings. The van der Waals surface area contributed by atoms with E-state index in [2.05, 4.69) is 37.2 Å². The summed E-state index contributed by atoms with van der Waals surface area (Å²) in [5.74, 6) is 2.05. The summed E-state index contributed by atoms with van der Waals surface area (Å²) in [5, 5.41) is 15.9. The van der Waals surface area contributed by atoms with Crippen LogP contribution in [-0.2, 0) is 20.7 Å². The summed E-state index contributed by atoms with van der Waals surface area (Å²) < 4.78 is 10.2. The molecule has 0 bridgehead atoms. The van der Waals surface area contributed by atoms with Crippen LogP contribution in [0, 0.1) is 12.3 Å². The molecule has 2 rings (SSSR count). The molecule has 4 N–H and O–H groups in total. The van der Waals surface area contributed by atoms with Gasteiger partial charge in [-0.2, -0.15) is 0 Å². The number of aromatic nitrogens is 2. The first-order valence-electron chi connectivity index (χ1n) is 13.3. The normalized spacial score (nSPS) is 10.8. The van der Waals surface area contributed by atoms with Crippen LogP contribution in [0.3, 0.4) is 0 Å². The zero-order valence-electron chi connectivity index (χ0n) is 23.7. The molecule has 0 aromatic carbocycles. The number of carbonyl (C=O) groups is 4. The predicted octanol–water partition coefficient (Wildman–Crippen LogP) is 3.49. The fourth-order valence-corrected chi connectivity index (χ4v) is 4.74. The molecule has 2 aromatic heterocycles. The van der Waals surface area contributed by atoms with Crippen LogP contribution in [0.5, 0.6) is 0 Å². The summed E-state index contributed by atoms with van der Waals surface area (Å²) in [7, 11) is 0. The number of nitrogens with zero attached hydrogens (tertiary/aromatic N) is 2. The minimum atomic E-state index is -0.543. The average Bonchev–Trinajstić information content (AvgIpc) is 3.58. The Morgan fingerprint density at radius 3 is 2.39 bits per heavy atom. The maximum Gasteiger partial charge on any atom is 0.407 e. The van der Waals surface area contributed by atoms with Gasteiger partial charge in [-0.3, -0.25) is 9.59 Å². The van der Waals surface area contributed by atoms with Crippen molar-refractivity contribution in [1.29, 1.82) is 0 Å². The Hall–Kier alpha value is -3.70. The summed E-state index contributed by atoms with van der Waals surface area (Å²) >= 11 is 2.80. The molecule has 0 saturated carbocycles. The van der Waals surface area contributed by atoms with E-state index in [1.165, 1.54) is 22.7 Å². The quantitative estimate of drug-likeness (QED) is 0.167. The largest absolute Gasteiger partial charge is 0.450 e. The first-order valence-corrected chi connectivity index (χ1v) is 15.1. The zero-order valence-corrected chi connectivity index (χ0v) is 25.3. The number of terminal acetylenes is 1. The molecular weight excluding hydrogens is 568 g/mol. The lowest BCUT2D eigenvalue weighted by Gasteiger charge is -2.19. The topological polar surface area (TPSA) is 161 Å². The fourth-order valence-electron chi connectivity index (χ4n) is 3.12. The molecule has 0 aliphatic heterocycles. The summed E-state index contributed by atoms with van der Waals surface area (Å²) in [6, 6.07) is 0. The maximum atomic E-state index is 12.4. The summed E-state index contributed by atoms with van der Waals surface area (Å²) in [6.45, 7) is 7.22. The Morgan fingerprint density at radius 2 is 1.63 bits per heavy atom. The highest BCUT2D eigenvalue weighted by Crippen LogP contribution is 2.25. The monoisotopic (exact) mass is 606 g/mol. The molecule has 0 radical (unpaired) electrons. The second-order valence-electron chi connectivity index (χ2n) is 9.78. The van der Waals surface area contributed by atoms with Gasteiger partial charge in [0, 0.05) is 56.2 Å². The summed E-state index contributed by atoms with van der Waals surface area (Å²) in [4.78, 5) is 56.3. The second-order valence-corrected chi connectivity index (χ2v) is 11.6. The zero-order chi connectivity index (χ0) is 30.1. The number of amides is 4. The molecule has 0 aliphatic rings. The van der Waals surface area contributed by atoms with Crippen LogP contribution in [0.25, 0.3) is 10.7 Å². The molecule has 14 heteroatoms. The maximum absolute atomic E-state index is 12.4. The Bertz CT molecular complexity index is 1180. The van der Waals surface area contributed by atoms with Crippen molar-refractivity contribution >= 4 is 46.7 Å². The van der Waals surface area contributed by atoms with Crippen molar-refractivity contribution in [1.82, 2.24) is 31.2 Å². The minimum Gasteiger partial charge on any atom is -0.450 e. The van der Waals surface area contributed by atoms with E-state index in [4.69, 9.17) is 15.9 Å². The van der Waals surface area contributed by atoms with Crippen LogP contribution in [0.1, 0.15) is 68.4 Å². The number of unbranched alkanes of at least 4 members (excludes halogenated alkanes) is 1. The number of hydrogen-bond acceptors (Lipinski definition) is 10. The van der Waals surface area contributed by atoms with Crippen molar-refractivity contribution in [3.63, 3.8) is 0 Å².